The lowest BCUT2D eigenvalue weighted by Crippen LogP contribution is -2.50. The summed E-state index contributed by atoms with van der Waals surface area (Å²) in [5.74, 6) is 1.54. The first-order valence-electron chi connectivity index (χ1n) is 11.7. The van der Waals surface area contributed by atoms with Crippen LogP contribution in [0.1, 0.15) is 31.1 Å². The van der Waals surface area contributed by atoms with E-state index in [0.717, 1.165) is 22.1 Å². The first-order chi connectivity index (χ1) is 17.6. The molecule has 0 radical (unpaired) electrons. The van der Waals surface area contributed by atoms with Crippen molar-refractivity contribution in [2.24, 2.45) is 10.1 Å². The molecular weight excluding hydrogens is 496 g/mol. The third kappa shape index (κ3) is 4.79. The smallest absolute Gasteiger partial charge is 0.276 e. The molecule has 36 heavy (non-hydrogen) atoms. The maximum absolute atomic E-state index is 13.2. The summed E-state index contributed by atoms with van der Waals surface area (Å²) in [6.45, 7) is 4.70. The summed E-state index contributed by atoms with van der Waals surface area (Å²) in [5, 5.41) is 11.7. The lowest BCUT2D eigenvalue weighted by molar-refractivity contribution is -0.116. The molecule has 2 aliphatic heterocycles. The molecule has 1 amide bonds. The molecule has 7 nitrogen and oxygen atoms in total. The number of thioether (sulfide) groups is 1. The van der Waals surface area contributed by atoms with Gasteiger partial charge in [-0.25, -0.2) is 5.01 Å². The highest BCUT2D eigenvalue weighted by atomic mass is 35.5. The highest BCUT2D eigenvalue weighted by molar-refractivity contribution is 8.13. The average molecular weight is 521 g/mol. The molecule has 9 heteroatoms. The lowest BCUT2D eigenvalue weighted by Gasteiger charge is -2.34. The van der Waals surface area contributed by atoms with E-state index in [1.165, 1.54) is 11.8 Å². The summed E-state index contributed by atoms with van der Waals surface area (Å²) in [6, 6.07) is 21.1. The molecule has 2 heterocycles. The molecule has 0 aliphatic carbocycles. The Labute approximate surface area is 218 Å². The zero-order valence-electron chi connectivity index (χ0n) is 19.9. The van der Waals surface area contributed by atoms with Gasteiger partial charge >= 0.3 is 0 Å². The van der Waals surface area contributed by atoms with Gasteiger partial charge in [0.15, 0.2) is 22.8 Å². The van der Waals surface area contributed by atoms with E-state index in [1.54, 1.807) is 11.1 Å². The predicted octanol–water partition coefficient (Wildman–Crippen LogP) is 4.21. The number of para-hydroxylation sites is 1. The number of hydrogen-bond acceptors (Lipinski definition) is 7. The number of amidine groups is 1. The fraction of sp³-hybridized carbons (Fsp3) is 0.222. The maximum Gasteiger partial charge on any atom is 0.276 e. The van der Waals surface area contributed by atoms with Crippen molar-refractivity contribution in [2.75, 3.05) is 12.4 Å². The van der Waals surface area contributed by atoms with E-state index in [4.69, 9.17) is 31.2 Å². The van der Waals surface area contributed by atoms with Crippen molar-refractivity contribution in [3.05, 3.63) is 93.5 Å². The summed E-state index contributed by atoms with van der Waals surface area (Å²) in [7, 11) is 0. The standard InChI is InChI=1S/C27H25ClN4O3S/c1-3-34-22-15-18(14-20(28)24(22)35-16-17-10-6-5-7-11-17)25-29-21-13-9-8-12-19(21)23-26(33)30-27(36-4-2)31-32(23)25/h5-15,25H,3-4,16H2,1-2H3,(H,30,31,33)/t25-/m1/s1. The number of amides is 1. The normalized spacial score (nSPS) is 16.4. The van der Waals surface area contributed by atoms with Crippen molar-refractivity contribution in [3.8, 4) is 11.5 Å². The summed E-state index contributed by atoms with van der Waals surface area (Å²) in [6.07, 6.45) is -0.603. The van der Waals surface area contributed by atoms with Crippen molar-refractivity contribution in [3.63, 3.8) is 0 Å². The number of hydrazone groups is 1. The average Bonchev–Trinajstić information content (AvgIpc) is 2.88. The fourth-order valence-corrected chi connectivity index (χ4v) is 4.97. The monoisotopic (exact) mass is 520 g/mol. The zero-order valence-corrected chi connectivity index (χ0v) is 21.5. The number of ether oxygens (including phenoxy) is 2. The van der Waals surface area contributed by atoms with E-state index in [9.17, 15) is 4.79 Å². The second-order valence-corrected chi connectivity index (χ2v) is 9.70. The van der Waals surface area contributed by atoms with Gasteiger partial charge in [0, 0.05) is 10.8 Å². The Morgan fingerprint density at radius 3 is 2.61 bits per heavy atom. The fourth-order valence-electron chi connectivity index (χ4n) is 4.12. The van der Waals surface area contributed by atoms with E-state index in [-0.39, 0.29) is 5.91 Å². The van der Waals surface area contributed by atoms with Crippen LogP contribution in [0, 0.1) is 0 Å². The molecule has 1 N–H and O–H groups in total. The lowest BCUT2D eigenvalue weighted by atomic mass is 10.1. The third-order valence-electron chi connectivity index (χ3n) is 5.65. The summed E-state index contributed by atoms with van der Waals surface area (Å²) in [4.78, 5) is 18.1. The van der Waals surface area contributed by atoms with Crippen molar-refractivity contribution >= 4 is 40.1 Å². The van der Waals surface area contributed by atoms with Crippen molar-refractivity contribution in [1.29, 1.82) is 0 Å². The summed E-state index contributed by atoms with van der Waals surface area (Å²) >= 11 is 8.21. The molecule has 5 rings (SSSR count). The van der Waals surface area contributed by atoms with Crippen LogP contribution in [0.2, 0.25) is 5.02 Å². The minimum atomic E-state index is -0.603. The molecule has 0 aromatic heterocycles. The number of carbonyl (C=O) groups is 1. The van der Waals surface area contributed by atoms with Crippen LogP contribution >= 0.6 is 23.4 Å². The summed E-state index contributed by atoms with van der Waals surface area (Å²) in [5.41, 5.74) is 2.21. The Kier molecular flexibility index (Phi) is 7.16. The minimum absolute atomic E-state index is 0.216. The quantitative estimate of drug-likeness (QED) is 0.505. The Hall–Kier alpha value is -3.49. The van der Waals surface area contributed by atoms with Crippen molar-refractivity contribution in [1.82, 2.24) is 10.3 Å². The molecule has 3 aromatic rings. The minimum Gasteiger partial charge on any atom is -0.490 e. The largest absolute Gasteiger partial charge is 0.490 e. The van der Waals surface area contributed by atoms with Gasteiger partial charge in [-0.15, -0.1) is 5.10 Å². The molecule has 2 aliphatic rings. The topological polar surface area (TPSA) is 75.5 Å². The van der Waals surface area contributed by atoms with E-state index < -0.39 is 6.17 Å². The van der Waals surface area contributed by atoms with Crippen LogP contribution in [-0.2, 0) is 11.4 Å². The summed E-state index contributed by atoms with van der Waals surface area (Å²) < 4.78 is 12.0. The van der Waals surface area contributed by atoms with Crippen LogP contribution in [0.25, 0.3) is 5.70 Å². The number of carbonyl (C=O) groups excluding carboxylic acids is 1. The van der Waals surface area contributed by atoms with E-state index >= 15 is 0 Å². The number of nitrogens with one attached hydrogen (secondary N) is 1. The van der Waals surface area contributed by atoms with Gasteiger partial charge < -0.3 is 9.47 Å². The Morgan fingerprint density at radius 1 is 1.06 bits per heavy atom. The van der Waals surface area contributed by atoms with Gasteiger partial charge in [0.1, 0.15) is 12.3 Å². The molecule has 0 spiro atoms. The number of rotatable bonds is 7. The third-order valence-corrected chi connectivity index (χ3v) is 6.68. The van der Waals surface area contributed by atoms with Crippen LogP contribution in [0.15, 0.2) is 76.8 Å². The molecule has 0 saturated heterocycles. The van der Waals surface area contributed by atoms with Crippen LogP contribution in [0.3, 0.4) is 0 Å². The van der Waals surface area contributed by atoms with Gasteiger partial charge in [-0.05, 0) is 36.4 Å². The van der Waals surface area contributed by atoms with Crippen molar-refractivity contribution in [2.45, 2.75) is 26.6 Å². The predicted molar refractivity (Wildman–Crippen MR) is 142 cm³/mol. The van der Waals surface area contributed by atoms with Crippen molar-refractivity contribution < 1.29 is 14.3 Å². The molecule has 3 aromatic carbocycles. The molecular formula is C27H25ClN4O3S. The number of benzene rings is 3. The number of hydrogen-bond donors (Lipinski definition) is 1. The number of nitrogens with zero attached hydrogens (tertiary/aromatic N) is 3. The van der Waals surface area contributed by atoms with Crippen LogP contribution in [0.4, 0.5) is 0 Å². The molecule has 0 unspecified atom stereocenters. The van der Waals surface area contributed by atoms with Gasteiger partial charge in [-0.1, -0.05) is 78.8 Å². The number of fused-ring (bicyclic) bond motifs is 2. The van der Waals surface area contributed by atoms with Gasteiger partial charge in [0.05, 0.1) is 17.0 Å². The van der Waals surface area contributed by atoms with Crippen LogP contribution < -0.4 is 25.4 Å². The SMILES string of the molecule is CCOc1cc([C@@H]2N=c3ccccc3=C3C(=O)NC(SCC)=NN32)cc(Cl)c1OCc1ccccc1. The van der Waals surface area contributed by atoms with Gasteiger partial charge in [0.2, 0.25) is 0 Å². The van der Waals surface area contributed by atoms with Gasteiger partial charge in [-0.3, -0.25) is 15.1 Å². The van der Waals surface area contributed by atoms with Crippen LogP contribution in [0.5, 0.6) is 11.5 Å². The number of halogens is 1. The van der Waals surface area contributed by atoms with E-state index in [0.29, 0.717) is 46.0 Å². The zero-order chi connectivity index (χ0) is 25.1. The van der Waals surface area contributed by atoms with Crippen LogP contribution in [-0.4, -0.2) is 28.4 Å². The van der Waals surface area contributed by atoms with Gasteiger partial charge in [0.25, 0.3) is 5.91 Å². The first-order valence-corrected chi connectivity index (χ1v) is 13.1. The Bertz CT molecular complexity index is 1450. The molecule has 1 atom stereocenters. The second-order valence-electron chi connectivity index (χ2n) is 8.04. The van der Waals surface area contributed by atoms with E-state index in [1.807, 2.05) is 74.5 Å². The Balaban J connectivity index is 1.59. The maximum atomic E-state index is 13.2. The highest BCUT2D eigenvalue weighted by Crippen LogP contribution is 2.41. The molecule has 0 saturated carbocycles. The van der Waals surface area contributed by atoms with E-state index in [2.05, 4.69) is 5.32 Å². The molecule has 0 fully saturated rings. The van der Waals surface area contributed by atoms with Gasteiger partial charge in [-0.2, -0.15) is 0 Å². The highest BCUT2D eigenvalue weighted by Gasteiger charge is 2.35. The first kappa shape index (κ1) is 24.2. The molecule has 0 bridgehead atoms. The Morgan fingerprint density at radius 2 is 1.83 bits per heavy atom. The molecule has 184 valence electrons. The second kappa shape index (κ2) is 10.6.